The summed E-state index contributed by atoms with van der Waals surface area (Å²) in [5.74, 6) is 1.21. The first-order chi connectivity index (χ1) is 14.8. The molecule has 1 saturated carbocycles. The average Bonchev–Trinajstić information content (AvgIpc) is 3.27. The Morgan fingerprint density at radius 1 is 0.500 bits per heavy atom. The number of hydrogen-bond donors (Lipinski definition) is 0. The lowest BCUT2D eigenvalue weighted by Gasteiger charge is -2.26. The predicted octanol–water partition coefficient (Wildman–Crippen LogP) is 8.23. The number of rotatable bonds is 0. The molecule has 4 aromatic carbocycles. The summed E-state index contributed by atoms with van der Waals surface area (Å²) in [5, 5.41) is 5.49. The smallest absolute Gasteiger partial charge is 0.00581 e. The van der Waals surface area contributed by atoms with Crippen molar-refractivity contribution in [3.05, 3.63) is 106 Å². The van der Waals surface area contributed by atoms with E-state index in [4.69, 9.17) is 0 Å². The molecule has 2 atom stereocenters. The minimum absolute atomic E-state index is 0.607. The Hall–Kier alpha value is -3.12. The van der Waals surface area contributed by atoms with E-state index in [1.807, 2.05) is 0 Å². The van der Waals surface area contributed by atoms with Crippen LogP contribution in [0.2, 0.25) is 0 Å². The molecular formula is C30H24. The van der Waals surface area contributed by atoms with Gasteiger partial charge in [0.2, 0.25) is 0 Å². The highest BCUT2D eigenvalue weighted by molar-refractivity contribution is 5.89. The van der Waals surface area contributed by atoms with E-state index >= 15 is 0 Å². The van der Waals surface area contributed by atoms with E-state index in [2.05, 4.69) is 84.9 Å². The van der Waals surface area contributed by atoms with E-state index in [0.29, 0.717) is 11.8 Å². The van der Waals surface area contributed by atoms with E-state index in [-0.39, 0.29) is 0 Å². The van der Waals surface area contributed by atoms with Gasteiger partial charge in [-0.3, -0.25) is 0 Å². The van der Waals surface area contributed by atoms with E-state index in [0.717, 1.165) is 0 Å². The third-order valence-electron chi connectivity index (χ3n) is 7.68. The van der Waals surface area contributed by atoms with Crippen LogP contribution in [0.4, 0.5) is 0 Å². The lowest BCUT2D eigenvalue weighted by atomic mass is 9.78. The minimum Gasteiger partial charge on any atom is -0.0618 e. The van der Waals surface area contributed by atoms with Crippen molar-refractivity contribution in [1.29, 1.82) is 0 Å². The molecule has 0 heterocycles. The molecule has 0 N–H and O–H groups in total. The molecule has 0 radical (unpaired) electrons. The molecule has 0 heteroatoms. The zero-order valence-electron chi connectivity index (χ0n) is 17.1. The summed E-state index contributed by atoms with van der Waals surface area (Å²) in [7, 11) is 0. The topological polar surface area (TPSA) is 0 Å². The van der Waals surface area contributed by atoms with Crippen LogP contribution in [0.5, 0.6) is 0 Å². The zero-order chi connectivity index (χ0) is 19.7. The second-order valence-electron chi connectivity index (χ2n) is 9.28. The molecule has 0 amide bonds. The van der Waals surface area contributed by atoms with Gasteiger partial charge in [0, 0.05) is 11.8 Å². The van der Waals surface area contributed by atoms with Crippen molar-refractivity contribution in [2.24, 2.45) is 0 Å². The fraction of sp³-hybridized carbons (Fsp3) is 0.200. The molecule has 0 saturated heterocycles. The molecule has 3 aliphatic carbocycles. The van der Waals surface area contributed by atoms with Crippen LogP contribution in [0.3, 0.4) is 0 Å². The summed E-state index contributed by atoms with van der Waals surface area (Å²) >= 11 is 0. The molecule has 7 rings (SSSR count). The minimum atomic E-state index is 0.607. The summed E-state index contributed by atoms with van der Waals surface area (Å²) in [6, 6.07) is 27.4. The van der Waals surface area contributed by atoms with Crippen molar-refractivity contribution in [1.82, 2.24) is 0 Å². The van der Waals surface area contributed by atoms with Crippen molar-refractivity contribution in [3.8, 4) is 0 Å². The van der Waals surface area contributed by atoms with Crippen LogP contribution in [0.25, 0.3) is 33.7 Å². The largest absolute Gasteiger partial charge is 0.0618 e. The molecule has 0 aliphatic heterocycles. The van der Waals surface area contributed by atoms with Gasteiger partial charge in [-0.2, -0.15) is 0 Å². The fourth-order valence-corrected chi connectivity index (χ4v) is 6.20. The maximum Gasteiger partial charge on any atom is 0.00581 e. The average molecular weight is 385 g/mol. The van der Waals surface area contributed by atoms with Gasteiger partial charge in [0.15, 0.2) is 0 Å². The SMILES string of the molecule is C1=C2CCC3=Cc4cc5ccccc5cc4C3CCC2c2cc3ccccc3cc21. The molecule has 0 aromatic heterocycles. The summed E-state index contributed by atoms with van der Waals surface area (Å²) < 4.78 is 0. The highest BCUT2D eigenvalue weighted by Crippen LogP contribution is 2.51. The standard InChI is InChI=1S/C30H24/c1-3-7-21-17-29-25(13-19(21)5-1)15-23-9-10-24-16-26-14-20-6-2-4-8-22(20)18-30(26)28(24)12-11-27(23)29/h1-8,13-18,27-28H,9-12H2. The van der Waals surface area contributed by atoms with Crippen LogP contribution in [0.15, 0.2) is 83.9 Å². The van der Waals surface area contributed by atoms with Crippen LogP contribution < -0.4 is 0 Å². The first-order valence-electron chi connectivity index (χ1n) is 11.3. The summed E-state index contributed by atoms with van der Waals surface area (Å²) in [5.41, 5.74) is 9.35. The molecule has 3 aliphatic rings. The Kier molecular flexibility index (Phi) is 3.44. The summed E-state index contributed by atoms with van der Waals surface area (Å²) in [4.78, 5) is 0. The van der Waals surface area contributed by atoms with E-state index in [9.17, 15) is 0 Å². The Balaban J connectivity index is 1.28. The monoisotopic (exact) mass is 384 g/mol. The summed E-state index contributed by atoms with van der Waals surface area (Å²) in [6.45, 7) is 0. The Morgan fingerprint density at radius 3 is 1.33 bits per heavy atom. The molecule has 0 spiro atoms. The van der Waals surface area contributed by atoms with Gasteiger partial charge in [-0.05, 0) is 93.7 Å². The van der Waals surface area contributed by atoms with E-state index in [1.165, 1.54) is 58.4 Å². The van der Waals surface area contributed by atoms with Gasteiger partial charge >= 0.3 is 0 Å². The number of allylic oxidation sites excluding steroid dienone is 2. The van der Waals surface area contributed by atoms with Gasteiger partial charge < -0.3 is 0 Å². The molecule has 4 aromatic rings. The molecule has 2 unspecified atom stereocenters. The van der Waals surface area contributed by atoms with Gasteiger partial charge in [0.25, 0.3) is 0 Å². The number of hydrogen-bond acceptors (Lipinski definition) is 0. The number of benzene rings is 4. The third-order valence-corrected chi connectivity index (χ3v) is 7.68. The van der Waals surface area contributed by atoms with Crippen molar-refractivity contribution >= 4 is 33.7 Å². The van der Waals surface area contributed by atoms with Crippen LogP contribution in [0.1, 0.15) is 59.8 Å². The van der Waals surface area contributed by atoms with Crippen LogP contribution in [-0.2, 0) is 0 Å². The van der Waals surface area contributed by atoms with E-state index < -0.39 is 0 Å². The highest BCUT2D eigenvalue weighted by atomic mass is 14.4. The van der Waals surface area contributed by atoms with Crippen molar-refractivity contribution < 1.29 is 0 Å². The maximum atomic E-state index is 2.50. The first-order valence-corrected chi connectivity index (χ1v) is 11.3. The second-order valence-corrected chi connectivity index (χ2v) is 9.28. The lowest BCUT2D eigenvalue weighted by molar-refractivity contribution is 0.562. The van der Waals surface area contributed by atoms with Crippen LogP contribution >= 0.6 is 0 Å². The molecule has 30 heavy (non-hydrogen) atoms. The van der Waals surface area contributed by atoms with Gasteiger partial charge in [0.05, 0.1) is 0 Å². The maximum absolute atomic E-state index is 2.50. The zero-order valence-corrected chi connectivity index (χ0v) is 17.1. The Morgan fingerprint density at radius 2 is 0.900 bits per heavy atom. The normalized spacial score (nSPS) is 21.9. The van der Waals surface area contributed by atoms with Crippen molar-refractivity contribution in [2.45, 2.75) is 37.5 Å². The lowest BCUT2D eigenvalue weighted by Crippen LogP contribution is -2.09. The third kappa shape index (κ3) is 2.40. The molecule has 0 bridgehead atoms. The van der Waals surface area contributed by atoms with Crippen molar-refractivity contribution in [3.63, 3.8) is 0 Å². The molecule has 1 fully saturated rings. The Labute approximate surface area is 177 Å². The highest BCUT2D eigenvalue weighted by Gasteiger charge is 2.33. The number of fused-ring (bicyclic) bond motifs is 8. The predicted molar refractivity (Wildman–Crippen MR) is 128 cm³/mol. The quantitative estimate of drug-likeness (QED) is 0.286. The van der Waals surface area contributed by atoms with Crippen molar-refractivity contribution in [2.75, 3.05) is 0 Å². The van der Waals surface area contributed by atoms with Gasteiger partial charge in [-0.25, -0.2) is 0 Å². The molecule has 144 valence electrons. The molecular weight excluding hydrogens is 360 g/mol. The van der Waals surface area contributed by atoms with Gasteiger partial charge in [-0.1, -0.05) is 71.8 Å². The van der Waals surface area contributed by atoms with Gasteiger partial charge in [0.1, 0.15) is 0 Å². The van der Waals surface area contributed by atoms with Crippen LogP contribution in [0, 0.1) is 0 Å². The summed E-state index contributed by atoms with van der Waals surface area (Å²) in [6.07, 6.45) is 9.92. The van der Waals surface area contributed by atoms with Gasteiger partial charge in [-0.15, -0.1) is 0 Å². The van der Waals surface area contributed by atoms with Crippen LogP contribution in [-0.4, -0.2) is 0 Å². The molecule has 0 nitrogen and oxygen atoms in total. The first kappa shape index (κ1) is 16.7. The Bertz CT molecular complexity index is 1290. The van der Waals surface area contributed by atoms with E-state index in [1.54, 1.807) is 22.3 Å². The fourth-order valence-electron chi connectivity index (χ4n) is 6.20. The second kappa shape index (κ2) is 6.19.